The highest BCUT2D eigenvalue weighted by Crippen LogP contribution is 2.12. The van der Waals surface area contributed by atoms with Gasteiger partial charge in [0.25, 0.3) is 0 Å². The average Bonchev–Trinajstić information content (AvgIpc) is 2.34. The van der Waals surface area contributed by atoms with E-state index in [4.69, 9.17) is 4.74 Å². The molecular weight excluding hydrogens is 206 g/mol. The van der Waals surface area contributed by atoms with Gasteiger partial charge in [0, 0.05) is 19.8 Å². The molecule has 0 amide bonds. The van der Waals surface area contributed by atoms with E-state index >= 15 is 0 Å². The summed E-state index contributed by atoms with van der Waals surface area (Å²) in [6, 6.07) is -0.308. The molecule has 0 aromatic heterocycles. The van der Waals surface area contributed by atoms with Gasteiger partial charge in [-0.15, -0.1) is 0 Å². The smallest absolute Gasteiger partial charge is 0.154 e. The van der Waals surface area contributed by atoms with Crippen molar-refractivity contribution in [1.29, 1.82) is 0 Å². The van der Waals surface area contributed by atoms with Gasteiger partial charge in [-0.1, -0.05) is 0 Å². The van der Waals surface area contributed by atoms with Crippen LogP contribution < -0.4 is 5.32 Å². The number of rotatable bonds is 5. The fraction of sp³-hybridized carbons (Fsp3) is 1.00. The number of hydrogen-bond acceptors (Lipinski definition) is 5. The molecule has 14 heavy (non-hydrogen) atoms. The Kier molecular flexibility index (Phi) is 4.31. The van der Waals surface area contributed by atoms with E-state index < -0.39 is 15.9 Å². The molecule has 0 spiro atoms. The minimum Gasteiger partial charge on any atom is -0.390 e. The molecule has 0 radical (unpaired) electrons. The van der Waals surface area contributed by atoms with Gasteiger partial charge in [-0.05, 0) is 13.0 Å². The molecule has 2 atom stereocenters. The molecule has 0 aromatic carbocycles. The molecule has 1 rings (SSSR count). The molecule has 5 nitrogen and oxygen atoms in total. The van der Waals surface area contributed by atoms with E-state index in [9.17, 15) is 13.5 Å². The van der Waals surface area contributed by atoms with Gasteiger partial charge in [0.15, 0.2) is 9.84 Å². The van der Waals surface area contributed by atoms with Crippen molar-refractivity contribution >= 4 is 9.84 Å². The van der Waals surface area contributed by atoms with Crippen molar-refractivity contribution in [3.63, 3.8) is 0 Å². The molecular formula is C8H17NO4S. The van der Waals surface area contributed by atoms with Crippen LogP contribution in [-0.2, 0) is 14.6 Å². The topological polar surface area (TPSA) is 75.6 Å². The molecule has 1 saturated heterocycles. The summed E-state index contributed by atoms with van der Waals surface area (Å²) in [5.41, 5.74) is 0. The molecule has 1 aliphatic rings. The van der Waals surface area contributed by atoms with Crippen LogP contribution in [0, 0.1) is 0 Å². The number of ether oxygens (including phenoxy) is 1. The van der Waals surface area contributed by atoms with Crippen LogP contribution >= 0.6 is 0 Å². The first-order chi connectivity index (χ1) is 6.55. The monoisotopic (exact) mass is 223 g/mol. The third-order valence-corrected chi connectivity index (χ3v) is 3.97. The Morgan fingerprint density at radius 1 is 1.50 bits per heavy atom. The minimum absolute atomic E-state index is 0.0428. The lowest BCUT2D eigenvalue weighted by Gasteiger charge is -2.14. The maximum absolute atomic E-state index is 11.1. The van der Waals surface area contributed by atoms with E-state index in [-0.39, 0.29) is 17.5 Å². The molecule has 0 aromatic rings. The summed E-state index contributed by atoms with van der Waals surface area (Å²) in [5, 5.41) is 12.4. The quantitative estimate of drug-likeness (QED) is 0.571. The maximum Gasteiger partial charge on any atom is 0.154 e. The van der Waals surface area contributed by atoms with Gasteiger partial charge in [0.1, 0.15) is 0 Å². The number of sulfone groups is 1. The van der Waals surface area contributed by atoms with Gasteiger partial charge in [0.2, 0.25) is 0 Å². The first-order valence-corrected chi connectivity index (χ1v) is 6.48. The molecule has 0 unspecified atom stereocenters. The highest BCUT2D eigenvalue weighted by Gasteiger charge is 2.35. The summed E-state index contributed by atoms with van der Waals surface area (Å²) in [7, 11) is -1.41. The third kappa shape index (κ3) is 3.53. The van der Waals surface area contributed by atoms with Crippen LogP contribution in [0.1, 0.15) is 6.42 Å². The SMILES string of the molecule is COCCCN[C@H]1CS(=O)(=O)C[C@@H]1O. The van der Waals surface area contributed by atoms with E-state index in [2.05, 4.69) is 5.32 Å². The van der Waals surface area contributed by atoms with Crippen molar-refractivity contribution in [2.75, 3.05) is 31.8 Å². The van der Waals surface area contributed by atoms with E-state index in [1.54, 1.807) is 7.11 Å². The zero-order valence-corrected chi connectivity index (χ0v) is 9.09. The zero-order chi connectivity index (χ0) is 10.6. The van der Waals surface area contributed by atoms with E-state index in [0.717, 1.165) is 6.42 Å². The molecule has 0 bridgehead atoms. The van der Waals surface area contributed by atoms with E-state index in [1.807, 2.05) is 0 Å². The Morgan fingerprint density at radius 2 is 2.21 bits per heavy atom. The molecule has 1 fully saturated rings. The van der Waals surface area contributed by atoms with Gasteiger partial charge in [-0.2, -0.15) is 0 Å². The van der Waals surface area contributed by atoms with Crippen LogP contribution in [0.2, 0.25) is 0 Å². The highest BCUT2D eigenvalue weighted by molar-refractivity contribution is 7.91. The molecule has 1 heterocycles. The number of methoxy groups -OCH3 is 1. The van der Waals surface area contributed by atoms with Gasteiger partial charge in [-0.3, -0.25) is 0 Å². The lowest BCUT2D eigenvalue weighted by molar-refractivity contribution is 0.159. The average molecular weight is 223 g/mol. The Balaban J connectivity index is 2.25. The van der Waals surface area contributed by atoms with Crippen molar-refractivity contribution in [3.05, 3.63) is 0 Å². The van der Waals surface area contributed by atoms with E-state index in [1.165, 1.54) is 0 Å². The summed E-state index contributed by atoms with van der Waals surface area (Å²) < 4.78 is 27.1. The summed E-state index contributed by atoms with van der Waals surface area (Å²) in [5.74, 6) is -0.0733. The van der Waals surface area contributed by atoms with Crippen molar-refractivity contribution in [3.8, 4) is 0 Å². The van der Waals surface area contributed by atoms with Gasteiger partial charge in [-0.25, -0.2) is 8.42 Å². The molecule has 0 saturated carbocycles. The predicted molar refractivity (Wildman–Crippen MR) is 52.9 cm³/mol. The molecule has 2 N–H and O–H groups in total. The summed E-state index contributed by atoms with van der Waals surface area (Å²) in [6.45, 7) is 1.31. The van der Waals surface area contributed by atoms with Crippen LogP contribution in [0.3, 0.4) is 0 Å². The Labute approximate surface area is 84.4 Å². The molecule has 1 aliphatic heterocycles. The lowest BCUT2D eigenvalue weighted by atomic mass is 10.2. The summed E-state index contributed by atoms with van der Waals surface area (Å²) in [4.78, 5) is 0. The molecule has 84 valence electrons. The van der Waals surface area contributed by atoms with Crippen LogP contribution in [0.15, 0.2) is 0 Å². The summed E-state index contributed by atoms with van der Waals surface area (Å²) >= 11 is 0. The predicted octanol–water partition coefficient (Wildman–Crippen LogP) is -1.23. The van der Waals surface area contributed by atoms with Crippen LogP contribution in [0.4, 0.5) is 0 Å². The second-order valence-corrected chi connectivity index (χ2v) is 5.71. The molecule has 6 heteroatoms. The Morgan fingerprint density at radius 3 is 2.71 bits per heavy atom. The van der Waals surface area contributed by atoms with Crippen LogP contribution in [0.25, 0.3) is 0 Å². The Hall–Kier alpha value is -0.170. The van der Waals surface area contributed by atoms with Crippen molar-refractivity contribution in [2.45, 2.75) is 18.6 Å². The van der Waals surface area contributed by atoms with E-state index in [0.29, 0.717) is 13.2 Å². The number of aliphatic hydroxyl groups is 1. The van der Waals surface area contributed by atoms with Crippen molar-refractivity contribution in [1.82, 2.24) is 5.32 Å². The van der Waals surface area contributed by atoms with Gasteiger partial charge < -0.3 is 15.2 Å². The van der Waals surface area contributed by atoms with Crippen molar-refractivity contribution in [2.24, 2.45) is 0 Å². The van der Waals surface area contributed by atoms with Crippen LogP contribution in [-0.4, -0.2) is 57.4 Å². The van der Waals surface area contributed by atoms with Crippen molar-refractivity contribution < 1.29 is 18.3 Å². The second-order valence-electron chi connectivity index (χ2n) is 3.55. The van der Waals surface area contributed by atoms with Gasteiger partial charge in [0.05, 0.1) is 17.6 Å². The second kappa shape index (κ2) is 5.06. The number of hydrogen-bond donors (Lipinski definition) is 2. The highest BCUT2D eigenvalue weighted by atomic mass is 32.2. The van der Waals surface area contributed by atoms with Gasteiger partial charge >= 0.3 is 0 Å². The number of aliphatic hydroxyl groups excluding tert-OH is 1. The minimum atomic E-state index is -3.03. The normalized spacial score (nSPS) is 30.7. The lowest BCUT2D eigenvalue weighted by Crippen LogP contribution is -2.39. The maximum atomic E-state index is 11.1. The standard InChI is InChI=1S/C8H17NO4S/c1-13-4-2-3-9-7-5-14(11,12)6-8(7)10/h7-10H,2-6H2,1H3/t7-,8-/m0/s1. The fourth-order valence-corrected chi connectivity index (χ4v) is 3.30. The summed E-state index contributed by atoms with van der Waals surface area (Å²) in [6.07, 6.45) is 0.0577. The van der Waals surface area contributed by atoms with Crippen LogP contribution in [0.5, 0.6) is 0 Å². The Bertz CT molecular complexity index is 265. The first-order valence-electron chi connectivity index (χ1n) is 4.66. The number of nitrogens with one attached hydrogen (secondary N) is 1. The third-order valence-electron chi connectivity index (χ3n) is 2.25. The largest absolute Gasteiger partial charge is 0.390 e. The fourth-order valence-electron chi connectivity index (χ4n) is 1.53. The first kappa shape index (κ1) is 11.9. The zero-order valence-electron chi connectivity index (χ0n) is 8.27. The molecule has 0 aliphatic carbocycles.